The third-order valence-corrected chi connectivity index (χ3v) is 4.60. The van der Waals surface area contributed by atoms with Gasteiger partial charge in [-0.3, -0.25) is 9.59 Å². The van der Waals surface area contributed by atoms with E-state index in [0.29, 0.717) is 11.4 Å². The molecule has 1 N–H and O–H groups in total. The lowest BCUT2D eigenvalue weighted by Crippen LogP contribution is -2.57. The van der Waals surface area contributed by atoms with Crippen molar-refractivity contribution in [3.8, 4) is 0 Å². The van der Waals surface area contributed by atoms with Crippen LogP contribution in [-0.2, 0) is 30.2 Å². The van der Waals surface area contributed by atoms with E-state index in [1.165, 1.54) is 13.8 Å². The summed E-state index contributed by atoms with van der Waals surface area (Å²) >= 11 is 9.65. The van der Waals surface area contributed by atoms with Gasteiger partial charge in [-0.1, -0.05) is 33.6 Å². The summed E-state index contributed by atoms with van der Waals surface area (Å²) in [5.41, 5.74) is -1.08. The first-order valence-electron chi connectivity index (χ1n) is 9.04. The van der Waals surface area contributed by atoms with E-state index in [2.05, 4.69) is 21.2 Å². The van der Waals surface area contributed by atoms with Crippen LogP contribution in [0.25, 0.3) is 0 Å². The molecule has 1 rings (SSSR count). The molecule has 0 saturated heterocycles. The summed E-state index contributed by atoms with van der Waals surface area (Å²) in [5.74, 6) is -1.05. The van der Waals surface area contributed by atoms with Crippen LogP contribution in [0, 0.1) is 0 Å². The molecule has 0 heterocycles. The highest BCUT2D eigenvalue weighted by Crippen LogP contribution is 2.25. The van der Waals surface area contributed by atoms with Gasteiger partial charge < -0.3 is 19.5 Å². The van der Waals surface area contributed by atoms with E-state index in [9.17, 15) is 14.4 Å². The fraction of sp³-hybridized carbons (Fsp3) is 0.550. The Hall–Kier alpha value is -1.80. The van der Waals surface area contributed by atoms with Gasteiger partial charge in [-0.05, 0) is 51.3 Å². The number of halogens is 2. The lowest BCUT2D eigenvalue weighted by molar-refractivity contribution is -0.148. The first kappa shape index (κ1) is 25.2. The molecule has 162 valence electrons. The van der Waals surface area contributed by atoms with Crippen LogP contribution in [-0.4, -0.2) is 42.4 Å². The predicted molar refractivity (Wildman–Crippen MR) is 113 cm³/mol. The number of amides is 1. The number of nitrogens with one attached hydrogen (secondary N) is 1. The molecule has 0 atom stereocenters. The molecule has 0 bridgehead atoms. The Morgan fingerprint density at radius 3 is 2.07 bits per heavy atom. The van der Waals surface area contributed by atoms with Gasteiger partial charge in [-0.15, -0.1) is 0 Å². The minimum Gasteiger partial charge on any atom is -0.463 e. The second kappa shape index (κ2) is 10.8. The Kier molecular flexibility index (Phi) is 9.42. The molecular weight excluding hydrogens is 466 g/mol. The zero-order valence-corrected chi connectivity index (χ0v) is 19.6. The summed E-state index contributed by atoms with van der Waals surface area (Å²) in [4.78, 5) is 35.3. The summed E-state index contributed by atoms with van der Waals surface area (Å²) < 4.78 is 16.5. The Bertz CT molecular complexity index is 729. The number of carbonyl (C=O) groups excluding carboxylic acids is 3. The fourth-order valence-corrected chi connectivity index (χ4v) is 3.19. The van der Waals surface area contributed by atoms with Crippen molar-refractivity contribution in [2.75, 3.05) is 13.2 Å². The maximum Gasteiger partial charge on any atom is 0.408 e. The number of benzene rings is 1. The fourth-order valence-electron chi connectivity index (χ4n) is 2.42. The van der Waals surface area contributed by atoms with Gasteiger partial charge in [0.15, 0.2) is 0 Å². The van der Waals surface area contributed by atoms with Gasteiger partial charge in [0.25, 0.3) is 0 Å². The molecule has 29 heavy (non-hydrogen) atoms. The lowest BCUT2D eigenvalue weighted by Gasteiger charge is -2.34. The van der Waals surface area contributed by atoms with Crippen LogP contribution in [0.1, 0.15) is 46.6 Å². The molecule has 0 spiro atoms. The first-order valence-corrected chi connectivity index (χ1v) is 10.2. The van der Waals surface area contributed by atoms with Crippen molar-refractivity contribution in [1.82, 2.24) is 5.32 Å². The Morgan fingerprint density at radius 1 is 1.07 bits per heavy atom. The molecule has 0 radical (unpaired) electrons. The summed E-state index contributed by atoms with van der Waals surface area (Å²) in [6.45, 7) is 7.33. The molecule has 0 aliphatic carbocycles. The van der Waals surface area contributed by atoms with Crippen molar-refractivity contribution < 1.29 is 28.6 Å². The average molecular weight is 493 g/mol. The van der Waals surface area contributed by atoms with Gasteiger partial charge in [0.05, 0.1) is 0 Å². The van der Waals surface area contributed by atoms with Crippen LogP contribution in [0.4, 0.5) is 4.79 Å². The molecule has 1 aromatic rings. The third-order valence-electron chi connectivity index (χ3n) is 3.76. The first-order chi connectivity index (χ1) is 13.3. The SMILES string of the molecule is CC(=O)OCC(CCc1ccc(Br)cc1Cl)(COC(C)=O)NC(=O)OC(C)(C)C. The zero-order chi connectivity index (χ0) is 22.2. The molecule has 0 aromatic heterocycles. The topological polar surface area (TPSA) is 90.9 Å². The largest absolute Gasteiger partial charge is 0.463 e. The Balaban J connectivity index is 3.12. The maximum atomic E-state index is 12.4. The number of rotatable bonds is 8. The van der Waals surface area contributed by atoms with E-state index < -0.39 is 29.2 Å². The van der Waals surface area contributed by atoms with E-state index >= 15 is 0 Å². The molecule has 1 amide bonds. The van der Waals surface area contributed by atoms with Crippen molar-refractivity contribution in [3.05, 3.63) is 33.3 Å². The number of hydrogen-bond acceptors (Lipinski definition) is 6. The molecule has 0 fully saturated rings. The van der Waals surface area contributed by atoms with Crippen LogP contribution in [0.5, 0.6) is 0 Å². The van der Waals surface area contributed by atoms with Crippen LogP contribution in [0.3, 0.4) is 0 Å². The smallest absolute Gasteiger partial charge is 0.408 e. The molecule has 9 heteroatoms. The second-order valence-corrected chi connectivity index (χ2v) is 9.03. The summed E-state index contributed by atoms with van der Waals surface area (Å²) in [5, 5.41) is 3.28. The van der Waals surface area contributed by atoms with E-state index in [4.69, 9.17) is 25.8 Å². The van der Waals surface area contributed by atoms with Crippen molar-refractivity contribution >= 4 is 45.6 Å². The summed E-state index contributed by atoms with van der Waals surface area (Å²) in [7, 11) is 0. The zero-order valence-electron chi connectivity index (χ0n) is 17.3. The van der Waals surface area contributed by atoms with Crippen molar-refractivity contribution in [2.45, 2.75) is 58.6 Å². The van der Waals surface area contributed by atoms with E-state index in [1.807, 2.05) is 12.1 Å². The average Bonchev–Trinajstić information content (AvgIpc) is 2.55. The molecule has 1 aromatic carbocycles. The van der Waals surface area contributed by atoms with E-state index in [0.717, 1.165) is 10.0 Å². The van der Waals surface area contributed by atoms with Gasteiger partial charge in [0, 0.05) is 23.3 Å². The van der Waals surface area contributed by atoms with Gasteiger partial charge >= 0.3 is 18.0 Å². The van der Waals surface area contributed by atoms with Crippen LogP contribution < -0.4 is 5.32 Å². The van der Waals surface area contributed by atoms with Crippen molar-refractivity contribution in [1.29, 1.82) is 0 Å². The monoisotopic (exact) mass is 491 g/mol. The van der Waals surface area contributed by atoms with Crippen LogP contribution >= 0.6 is 27.5 Å². The van der Waals surface area contributed by atoms with Crippen molar-refractivity contribution in [2.24, 2.45) is 0 Å². The molecule has 7 nitrogen and oxygen atoms in total. The van der Waals surface area contributed by atoms with E-state index in [-0.39, 0.29) is 19.6 Å². The van der Waals surface area contributed by atoms with Gasteiger partial charge in [-0.2, -0.15) is 0 Å². The number of ether oxygens (including phenoxy) is 3. The minimum absolute atomic E-state index is 0.191. The van der Waals surface area contributed by atoms with Gasteiger partial charge in [0.2, 0.25) is 0 Å². The number of hydrogen-bond donors (Lipinski definition) is 1. The van der Waals surface area contributed by atoms with Crippen molar-refractivity contribution in [3.63, 3.8) is 0 Å². The number of aryl methyl sites for hydroxylation is 1. The molecule has 0 unspecified atom stereocenters. The quantitative estimate of drug-likeness (QED) is 0.426. The number of esters is 2. The van der Waals surface area contributed by atoms with Crippen LogP contribution in [0.2, 0.25) is 5.02 Å². The molecule has 0 aliphatic rings. The number of carbonyl (C=O) groups is 3. The highest BCUT2D eigenvalue weighted by molar-refractivity contribution is 9.10. The van der Waals surface area contributed by atoms with E-state index in [1.54, 1.807) is 26.8 Å². The summed E-state index contributed by atoms with van der Waals surface area (Å²) in [6.07, 6.45) is 0.0113. The lowest BCUT2D eigenvalue weighted by atomic mass is 9.92. The Morgan fingerprint density at radius 2 is 1.62 bits per heavy atom. The predicted octanol–water partition coefficient (Wildman–Crippen LogP) is 4.42. The third kappa shape index (κ3) is 9.99. The molecule has 0 saturated carbocycles. The molecular formula is C20H27BrClNO6. The second-order valence-electron chi connectivity index (χ2n) is 7.70. The Labute approximate surface area is 184 Å². The summed E-state index contributed by atoms with van der Waals surface area (Å²) in [6, 6.07) is 5.46. The highest BCUT2D eigenvalue weighted by atomic mass is 79.9. The highest BCUT2D eigenvalue weighted by Gasteiger charge is 2.36. The van der Waals surface area contributed by atoms with Gasteiger partial charge in [-0.25, -0.2) is 4.79 Å². The normalized spacial score (nSPS) is 11.6. The molecule has 0 aliphatic heterocycles. The standard InChI is InChI=1S/C20H27BrClNO6/c1-13(24)27-11-20(12-28-14(2)25,23-18(26)29-19(3,4)5)9-8-15-6-7-16(21)10-17(15)22/h6-7,10H,8-9,11-12H2,1-5H3,(H,23,26). The number of alkyl carbamates (subject to hydrolysis) is 1. The maximum absolute atomic E-state index is 12.4. The van der Waals surface area contributed by atoms with Crippen LogP contribution in [0.15, 0.2) is 22.7 Å². The minimum atomic E-state index is -1.18. The van der Waals surface area contributed by atoms with Gasteiger partial charge in [0.1, 0.15) is 24.4 Å².